The van der Waals surface area contributed by atoms with Gasteiger partial charge in [-0.25, -0.2) is 0 Å². The van der Waals surface area contributed by atoms with Crippen LogP contribution in [0.1, 0.15) is 16.5 Å². The minimum absolute atomic E-state index is 0.0319. The standard InChI is InChI=1S/C12H10Br2ClNS/c13-8-2-1-7(5-10(8)15)11(16)6-12-9(14)3-4-17-12/h1-5,11H,6,16H2. The fourth-order valence-corrected chi connectivity index (χ4v) is 3.54. The molecule has 1 aromatic carbocycles. The Kier molecular flexibility index (Phi) is 4.66. The van der Waals surface area contributed by atoms with E-state index in [1.54, 1.807) is 11.3 Å². The number of nitrogens with two attached hydrogens (primary N) is 1. The van der Waals surface area contributed by atoms with Crippen LogP contribution >= 0.6 is 54.8 Å². The van der Waals surface area contributed by atoms with E-state index < -0.39 is 0 Å². The normalized spacial score (nSPS) is 12.7. The summed E-state index contributed by atoms with van der Waals surface area (Å²) in [5, 5.41) is 2.75. The molecule has 2 rings (SSSR count). The second-order valence-electron chi connectivity index (χ2n) is 3.68. The number of thiophene rings is 1. The van der Waals surface area contributed by atoms with Gasteiger partial charge in [0, 0.05) is 26.3 Å². The van der Waals surface area contributed by atoms with E-state index in [9.17, 15) is 0 Å². The van der Waals surface area contributed by atoms with Crippen LogP contribution in [0.2, 0.25) is 5.02 Å². The van der Waals surface area contributed by atoms with Crippen molar-refractivity contribution in [2.24, 2.45) is 5.73 Å². The molecule has 0 fully saturated rings. The van der Waals surface area contributed by atoms with Crippen LogP contribution in [0.4, 0.5) is 0 Å². The van der Waals surface area contributed by atoms with E-state index in [-0.39, 0.29) is 6.04 Å². The molecule has 1 heterocycles. The Morgan fingerprint density at radius 1 is 1.24 bits per heavy atom. The van der Waals surface area contributed by atoms with E-state index in [4.69, 9.17) is 17.3 Å². The third kappa shape index (κ3) is 3.32. The van der Waals surface area contributed by atoms with Gasteiger partial charge in [-0.1, -0.05) is 17.7 Å². The lowest BCUT2D eigenvalue weighted by Gasteiger charge is -2.12. The summed E-state index contributed by atoms with van der Waals surface area (Å²) in [5.74, 6) is 0. The number of halogens is 3. The van der Waals surface area contributed by atoms with Gasteiger partial charge < -0.3 is 5.73 Å². The van der Waals surface area contributed by atoms with Gasteiger partial charge in [-0.2, -0.15) is 0 Å². The Morgan fingerprint density at radius 2 is 2.00 bits per heavy atom. The number of hydrogen-bond donors (Lipinski definition) is 1. The second-order valence-corrected chi connectivity index (χ2v) is 6.79. The van der Waals surface area contributed by atoms with Crippen molar-refractivity contribution < 1.29 is 0 Å². The predicted molar refractivity (Wildman–Crippen MR) is 81.8 cm³/mol. The van der Waals surface area contributed by atoms with Crippen LogP contribution in [0, 0.1) is 0 Å². The zero-order valence-corrected chi connectivity index (χ0v) is 13.5. The molecule has 0 aliphatic heterocycles. The van der Waals surface area contributed by atoms with E-state index in [0.29, 0.717) is 5.02 Å². The predicted octanol–water partition coefficient (Wildman–Crippen LogP) is 5.17. The molecule has 0 bridgehead atoms. The first kappa shape index (κ1) is 13.6. The van der Waals surface area contributed by atoms with Crippen molar-refractivity contribution in [2.45, 2.75) is 12.5 Å². The molecule has 1 aromatic heterocycles. The summed E-state index contributed by atoms with van der Waals surface area (Å²) in [5.41, 5.74) is 7.24. The number of hydrogen-bond acceptors (Lipinski definition) is 2. The minimum Gasteiger partial charge on any atom is -0.324 e. The summed E-state index contributed by atoms with van der Waals surface area (Å²) in [6, 6.07) is 7.86. The van der Waals surface area contributed by atoms with Crippen molar-refractivity contribution in [2.75, 3.05) is 0 Å². The van der Waals surface area contributed by atoms with Gasteiger partial charge in [0.2, 0.25) is 0 Å². The first-order chi connectivity index (χ1) is 8.08. The SMILES string of the molecule is NC(Cc1sccc1Br)c1ccc(Br)c(Cl)c1. The number of rotatable bonds is 3. The lowest BCUT2D eigenvalue weighted by atomic mass is 10.0. The smallest absolute Gasteiger partial charge is 0.0551 e. The first-order valence-electron chi connectivity index (χ1n) is 5.00. The molecule has 2 N–H and O–H groups in total. The van der Waals surface area contributed by atoms with Crippen LogP contribution in [-0.4, -0.2) is 0 Å². The molecule has 1 atom stereocenters. The number of benzene rings is 1. The topological polar surface area (TPSA) is 26.0 Å². The van der Waals surface area contributed by atoms with Crippen molar-refractivity contribution in [3.8, 4) is 0 Å². The van der Waals surface area contributed by atoms with Crippen LogP contribution in [0.3, 0.4) is 0 Å². The fourth-order valence-electron chi connectivity index (χ4n) is 1.53. The van der Waals surface area contributed by atoms with E-state index in [2.05, 4.69) is 37.2 Å². The Bertz CT molecular complexity index is 527. The Labute approximate surface area is 126 Å². The molecule has 0 radical (unpaired) electrons. The van der Waals surface area contributed by atoms with E-state index in [1.165, 1.54) is 4.88 Å². The first-order valence-corrected chi connectivity index (χ1v) is 7.84. The summed E-state index contributed by atoms with van der Waals surface area (Å²) >= 11 is 14.7. The lowest BCUT2D eigenvalue weighted by Crippen LogP contribution is -2.12. The molecule has 0 amide bonds. The van der Waals surface area contributed by atoms with Crippen LogP contribution in [0.15, 0.2) is 38.6 Å². The van der Waals surface area contributed by atoms with Gasteiger partial charge in [0.05, 0.1) is 5.02 Å². The Hall–Kier alpha value is 0.130. The minimum atomic E-state index is -0.0319. The van der Waals surface area contributed by atoms with Gasteiger partial charge in [0.1, 0.15) is 0 Å². The Morgan fingerprint density at radius 3 is 2.59 bits per heavy atom. The van der Waals surface area contributed by atoms with Crippen molar-refractivity contribution in [3.63, 3.8) is 0 Å². The lowest BCUT2D eigenvalue weighted by molar-refractivity contribution is 0.728. The summed E-state index contributed by atoms with van der Waals surface area (Å²) in [6.07, 6.45) is 0.816. The summed E-state index contributed by atoms with van der Waals surface area (Å²) in [6.45, 7) is 0. The zero-order chi connectivity index (χ0) is 12.4. The van der Waals surface area contributed by atoms with Crippen LogP contribution < -0.4 is 5.73 Å². The van der Waals surface area contributed by atoms with Gasteiger partial charge in [-0.15, -0.1) is 11.3 Å². The van der Waals surface area contributed by atoms with E-state index in [1.807, 2.05) is 24.3 Å². The highest BCUT2D eigenvalue weighted by Crippen LogP contribution is 2.30. The fraction of sp³-hybridized carbons (Fsp3) is 0.167. The zero-order valence-electron chi connectivity index (χ0n) is 8.79. The van der Waals surface area contributed by atoms with Crippen molar-refractivity contribution in [1.82, 2.24) is 0 Å². The van der Waals surface area contributed by atoms with Gasteiger partial charge >= 0.3 is 0 Å². The highest BCUT2D eigenvalue weighted by atomic mass is 79.9. The average molecular weight is 396 g/mol. The average Bonchev–Trinajstić information content (AvgIpc) is 2.68. The molecule has 2 aromatic rings. The van der Waals surface area contributed by atoms with Crippen molar-refractivity contribution >= 4 is 54.8 Å². The molecule has 1 unspecified atom stereocenters. The summed E-state index contributed by atoms with van der Waals surface area (Å²) in [4.78, 5) is 1.26. The molecule has 0 saturated heterocycles. The molecular formula is C12H10Br2ClNS. The van der Waals surface area contributed by atoms with Gasteiger partial charge in [-0.05, 0) is 61.0 Å². The van der Waals surface area contributed by atoms with E-state index >= 15 is 0 Å². The quantitative estimate of drug-likeness (QED) is 0.762. The van der Waals surface area contributed by atoms with Crippen molar-refractivity contribution in [1.29, 1.82) is 0 Å². The summed E-state index contributed by atoms with van der Waals surface area (Å²) < 4.78 is 2.02. The highest BCUT2D eigenvalue weighted by molar-refractivity contribution is 9.10. The van der Waals surface area contributed by atoms with Crippen LogP contribution in [-0.2, 0) is 6.42 Å². The molecule has 5 heteroatoms. The molecule has 0 spiro atoms. The third-order valence-corrected chi connectivity index (χ3v) is 5.65. The molecule has 17 heavy (non-hydrogen) atoms. The van der Waals surface area contributed by atoms with Crippen LogP contribution in [0.5, 0.6) is 0 Å². The molecule has 1 nitrogen and oxygen atoms in total. The summed E-state index contributed by atoms with van der Waals surface area (Å²) in [7, 11) is 0. The molecular weight excluding hydrogens is 385 g/mol. The van der Waals surface area contributed by atoms with Crippen molar-refractivity contribution in [3.05, 3.63) is 54.1 Å². The monoisotopic (exact) mass is 393 g/mol. The third-order valence-electron chi connectivity index (χ3n) is 2.47. The van der Waals surface area contributed by atoms with E-state index in [0.717, 1.165) is 20.9 Å². The highest BCUT2D eigenvalue weighted by Gasteiger charge is 2.11. The second kappa shape index (κ2) is 5.85. The molecule has 90 valence electrons. The Balaban J connectivity index is 2.17. The maximum absolute atomic E-state index is 6.19. The van der Waals surface area contributed by atoms with Gasteiger partial charge in [0.15, 0.2) is 0 Å². The largest absolute Gasteiger partial charge is 0.324 e. The maximum atomic E-state index is 6.19. The maximum Gasteiger partial charge on any atom is 0.0551 e. The molecule has 0 aliphatic carbocycles. The van der Waals surface area contributed by atoms with Gasteiger partial charge in [0.25, 0.3) is 0 Å². The van der Waals surface area contributed by atoms with Crippen LogP contribution in [0.25, 0.3) is 0 Å². The van der Waals surface area contributed by atoms with Gasteiger partial charge in [-0.3, -0.25) is 0 Å². The molecule has 0 aliphatic rings. The molecule has 0 saturated carbocycles.